The second-order valence-corrected chi connectivity index (χ2v) is 8.01. The Labute approximate surface area is 163 Å². The number of carbonyl (C=O) groups is 1. The van der Waals surface area contributed by atoms with Crippen molar-refractivity contribution >= 4 is 28.6 Å². The van der Waals surface area contributed by atoms with Gasteiger partial charge in [-0.3, -0.25) is 9.89 Å². The summed E-state index contributed by atoms with van der Waals surface area (Å²) in [6.07, 6.45) is 4.25. The van der Waals surface area contributed by atoms with Crippen molar-refractivity contribution < 1.29 is 4.79 Å². The van der Waals surface area contributed by atoms with Crippen LogP contribution in [0.15, 0.2) is 47.4 Å². The predicted octanol–water partition coefficient (Wildman–Crippen LogP) is 3.86. The predicted molar refractivity (Wildman–Crippen MR) is 106 cm³/mol. The number of rotatable bonds is 5. The van der Waals surface area contributed by atoms with Gasteiger partial charge in [-0.1, -0.05) is 12.1 Å². The van der Waals surface area contributed by atoms with Crippen LogP contribution in [0.5, 0.6) is 0 Å². The summed E-state index contributed by atoms with van der Waals surface area (Å²) in [5, 5.41) is 12.8. The number of hydrogen-bond acceptors (Lipinski definition) is 6. The molecule has 1 aliphatic heterocycles. The summed E-state index contributed by atoms with van der Waals surface area (Å²) >= 11 is 3.18. The van der Waals surface area contributed by atoms with Gasteiger partial charge in [0.1, 0.15) is 10.0 Å². The summed E-state index contributed by atoms with van der Waals surface area (Å²) in [5.74, 6) is 0.0902. The summed E-state index contributed by atoms with van der Waals surface area (Å²) < 4.78 is 0. The molecule has 1 aliphatic rings. The molecule has 6 nitrogen and oxygen atoms in total. The monoisotopic (exact) mass is 393 g/mol. The van der Waals surface area contributed by atoms with Gasteiger partial charge in [0.05, 0.1) is 11.4 Å². The average molecular weight is 393 g/mol. The van der Waals surface area contributed by atoms with Crippen LogP contribution in [0.4, 0.5) is 0 Å². The van der Waals surface area contributed by atoms with Gasteiger partial charge in [-0.2, -0.15) is 5.10 Å². The molecule has 4 heterocycles. The molecule has 0 fully saturated rings. The van der Waals surface area contributed by atoms with E-state index in [1.54, 1.807) is 35.1 Å². The van der Waals surface area contributed by atoms with E-state index in [0.717, 1.165) is 44.5 Å². The highest BCUT2D eigenvalue weighted by Gasteiger charge is 2.29. The van der Waals surface area contributed by atoms with E-state index in [9.17, 15) is 4.79 Å². The van der Waals surface area contributed by atoms with Crippen molar-refractivity contribution in [2.24, 2.45) is 0 Å². The lowest BCUT2D eigenvalue weighted by molar-refractivity contribution is 0.0780. The molecule has 5 rings (SSSR count). The maximum absolute atomic E-state index is 12.8. The molecule has 134 valence electrons. The Balaban J connectivity index is 1.32. The van der Waals surface area contributed by atoms with Crippen molar-refractivity contribution in [3.63, 3.8) is 0 Å². The maximum atomic E-state index is 12.8. The lowest BCUT2D eigenvalue weighted by atomic mass is 10.0. The van der Waals surface area contributed by atoms with E-state index in [4.69, 9.17) is 0 Å². The van der Waals surface area contributed by atoms with Gasteiger partial charge in [-0.05, 0) is 17.7 Å². The minimum absolute atomic E-state index is 0.0902. The molecule has 1 N–H and O–H groups in total. The van der Waals surface area contributed by atoms with Crippen molar-refractivity contribution in [2.45, 2.75) is 13.0 Å². The summed E-state index contributed by atoms with van der Waals surface area (Å²) in [6, 6.07) is 7.80. The number of fused-ring (bicyclic) bond motifs is 1. The molecule has 0 aliphatic carbocycles. The second kappa shape index (κ2) is 6.71. The SMILES string of the molecule is O=C1c2cccc(-c3nccs3)c2CN1CCc1csc(-c2ccn[nH]2)n1. The zero-order valence-corrected chi connectivity index (χ0v) is 15.9. The number of nitrogens with one attached hydrogen (secondary N) is 1. The van der Waals surface area contributed by atoms with E-state index < -0.39 is 0 Å². The molecule has 0 saturated carbocycles. The van der Waals surface area contributed by atoms with E-state index in [-0.39, 0.29) is 5.91 Å². The molecule has 3 aromatic heterocycles. The standard InChI is InChI=1S/C19H15N5OS2/c25-19-14-3-1-2-13(17-20-7-9-26-17)15(14)10-24(19)8-5-12-11-27-18(22-12)16-4-6-21-23-16/h1-4,6-7,9,11H,5,8,10H2,(H,21,23). The largest absolute Gasteiger partial charge is 0.334 e. The summed E-state index contributed by atoms with van der Waals surface area (Å²) in [5.41, 5.74) is 4.85. The van der Waals surface area contributed by atoms with Crippen LogP contribution in [-0.4, -0.2) is 37.5 Å². The molecule has 0 saturated heterocycles. The van der Waals surface area contributed by atoms with Crippen LogP contribution in [0.2, 0.25) is 0 Å². The lowest BCUT2D eigenvalue weighted by Crippen LogP contribution is -2.26. The van der Waals surface area contributed by atoms with E-state index >= 15 is 0 Å². The first-order chi connectivity index (χ1) is 13.3. The summed E-state index contributed by atoms with van der Waals surface area (Å²) in [6.45, 7) is 1.28. The number of benzene rings is 1. The second-order valence-electron chi connectivity index (χ2n) is 6.26. The molecule has 0 atom stereocenters. The van der Waals surface area contributed by atoms with Gasteiger partial charge in [-0.15, -0.1) is 22.7 Å². The van der Waals surface area contributed by atoms with Gasteiger partial charge in [0.2, 0.25) is 0 Å². The molecular weight excluding hydrogens is 378 g/mol. The smallest absolute Gasteiger partial charge is 0.254 e. The van der Waals surface area contributed by atoms with Gasteiger partial charge in [0.15, 0.2) is 0 Å². The zero-order chi connectivity index (χ0) is 18.2. The Kier molecular flexibility index (Phi) is 4.06. The fraction of sp³-hybridized carbons (Fsp3) is 0.158. The van der Waals surface area contributed by atoms with Crippen LogP contribution in [0, 0.1) is 0 Å². The highest BCUT2D eigenvalue weighted by atomic mass is 32.1. The van der Waals surface area contributed by atoms with E-state index in [1.165, 1.54) is 0 Å². The maximum Gasteiger partial charge on any atom is 0.254 e. The molecule has 4 aromatic rings. The number of aromatic amines is 1. The Hall–Kier alpha value is -2.84. The average Bonchev–Trinajstić information content (AvgIpc) is 3.46. The van der Waals surface area contributed by atoms with Crippen LogP contribution in [0.25, 0.3) is 21.3 Å². The molecule has 0 bridgehead atoms. The molecule has 1 aromatic carbocycles. The van der Waals surface area contributed by atoms with E-state index in [0.29, 0.717) is 13.1 Å². The van der Waals surface area contributed by atoms with Crippen LogP contribution in [0.3, 0.4) is 0 Å². The molecule has 1 amide bonds. The Morgan fingerprint density at radius 3 is 2.85 bits per heavy atom. The topological polar surface area (TPSA) is 74.8 Å². The van der Waals surface area contributed by atoms with Gasteiger partial charge >= 0.3 is 0 Å². The minimum Gasteiger partial charge on any atom is -0.334 e. The Bertz CT molecular complexity index is 1090. The number of amides is 1. The third-order valence-electron chi connectivity index (χ3n) is 4.63. The van der Waals surface area contributed by atoms with Crippen molar-refractivity contribution in [3.05, 3.63) is 64.2 Å². The molecule has 8 heteroatoms. The molecule has 0 spiro atoms. The Morgan fingerprint density at radius 1 is 1.11 bits per heavy atom. The molecule has 0 unspecified atom stereocenters. The zero-order valence-electron chi connectivity index (χ0n) is 14.3. The van der Waals surface area contributed by atoms with Crippen molar-refractivity contribution in [1.29, 1.82) is 0 Å². The van der Waals surface area contributed by atoms with Crippen molar-refractivity contribution in [3.8, 4) is 21.3 Å². The fourth-order valence-corrected chi connectivity index (χ4v) is 4.82. The van der Waals surface area contributed by atoms with Crippen LogP contribution < -0.4 is 0 Å². The normalized spacial score (nSPS) is 13.3. The van der Waals surface area contributed by atoms with Crippen molar-refractivity contribution in [1.82, 2.24) is 25.1 Å². The molecular formula is C19H15N5OS2. The summed E-state index contributed by atoms with van der Waals surface area (Å²) in [7, 11) is 0. The van der Waals surface area contributed by atoms with Crippen molar-refractivity contribution in [2.75, 3.05) is 6.54 Å². The number of carbonyl (C=O) groups excluding carboxylic acids is 1. The van der Waals surface area contributed by atoms with Gasteiger partial charge in [0.25, 0.3) is 5.91 Å². The number of H-pyrrole nitrogens is 1. The molecule has 27 heavy (non-hydrogen) atoms. The van der Waals surface area contributed by atoms with E-state index in [1.807, 2.05) is 39.9 Å². The van der Waals surface area contributed by atoms with E-state index in [2.05, 4.69) is 20.2 Å². The first kappa shape index (κ1) is 16.3. The molecule has 0 radical (unpaired) electrons. The number of aromatic nitrogens is 4. The number of hydrogen-bond donors (Lipinski definition) is 1. The highest BCUT2D eigenvalue weighted by Crippen LogP contribution is 2.33. The third-order valence-corrected chi connectivity index (χ3v) is 6.36. The van der Waals surface area contributed by atoms with Gasteiger partial charge in [-0.25, -0.2) is 9.97 Å². The van der Waals surface area contributed by atoms with Gasteiger partial charge in [0, 0.05) is 53.8 Å². The minimum atomic E-state index is 0.0902. The highest BCUT2D eigenvalue weighted by molar-refractivity contribution is 7.13. The summed E-state index contributed by atoms with van der Waals surface area (Å²) in [4.78, 5) is 23.8. The first-order valence-electron chi connectivity index (χ1n) is 8.55. The lowest BCUT2D eigenvalue weighted by Gasteiger charge is -2.14. The van der Waals surface area contributed by atoms with Crippen LogP contribution in [0.1, 0.15) is 21.6 Å². The van der Waals surface area contributed by atoms with Gasteiger partial charge < -0.3 is 4.90 Å². The number of thiazole rings is 2. The van der Waals surface area contributed by atoms with Crippen LogP contribution >= 0.6 is 22.7 Å². The first-order valence-corrected chi connectivity index (χ1v) is 10.3. The quantitative estimate of drug-likeness (QED) is 0.559. The number of nitrogens with zero attached hydrogens (tertiary/aromatic N) is 4. The third kappa shape index (κ3) is 2.96. The Morgan fingerprint density at radius 2 is 2.04 bits per heavy atom. The van der Waals surface area contributed by atoms with Crippen LogP contribution in [-0.2, 0) is 13.0 Å². The fourth-order valence-electron chi connectivity index (χ4n) is 3.30.